The van der Waals surface area contributed by atoms with Gasteiger partial charge in [0.25, 0.3) is 0 Å². The molecule has 2 aliphatic carbocycles. The van der Waals surface area contributed by atoms with Gasteiger partial charge in [0.1, 0.15) is 0 Å². The largest absolute Gasteiger partial charge is 0.353 e. The third-order valence-corrected chi connectivity index (χ3v) is 3.75. The van der Waals surface area contributed by atoms with E-state index in [1.807, 2.05) is 0 Å². The van der Waals surface area contributed by atoms with E-state index >= 15 is 0 Å². The smallest absolute Gasteiger partial charge is 0.221 e. The van der Waals surface area contributed by atoms with Crippen LogP contribution >= 0.6 is 0 Å². The molecule has 0 aromatic heterocycles. The zero-order valence-electron chi connectivity index (χ0n) is 10.8. The minimum atomic E-state index is 0.178. The van der Waals surface area contributed by atoms with Crippen molar-refractivity contribution in [3.8, 4) is 0 Å². The quantitative estimate of drug-likeness (QED) is 0.656. The molecule has 0 aliphatic heterocycles. The maximum absolute atomic E-state index is 11.8. The van der Waals surface area contributed by atoms with Crippen LogP contribution in [0.3, 0.4) is 0 Å². The number of carbonyl (C=O) groups is 1. The summed E-state index contributed by atoms with van der Waals surface area (Å²) < 4.78 is 0. The molecule has 17 heavy (non-hydrogen) atoms. The molecule has 3 N–H and O–H groups in total. The lowest BCUT2D eigenvalue weighted by Crippen LogP contribution is -2.45. The average molecular weight is 239 g/mol. The number of likely N-dealkylation sites (N-methyl/N-ethyl adjacent to an activating group) is 1. The van der Waals surface area contributed by atoms with E-state index in [9.17, 15) is 4.79 Å². The molecule has 0 bridgehead atoms. The van der Waals surface area contributed by atoms with E-state index < -0.39 is 0 Å². The van der Waals surface area contributed by atoms with Gasteiger partial charge in [0.15, 0.2) is 0 Å². The molecule has 1 amide bonds. The highest BCUT2D eigenvalue weighted by atomic mass is 16.1. The topological polar surface area (TPSA) is 58.4 Å². The number of amides is 1. The molecule has 1 unspecified atom stereocenters. The predicted molar refractivity (Wildman–Crippen MR) is 68.6 cm³/mol. The number of carbonyl (C=O) groups excluding carboxylic acids is 1. The van der Waals surface area contributed by atoms with Crippen LogP contribution in [-0.4, -0.2) is 42.5 Å². The summed E-state index contributed by atoms with van der Waals surface area (Å²) in [6, 6.07) is 0.679. The van der Waals surface area contributed by atoms with Crippen molar-refractivity contribution in [3.05, 3.63) is 0 Å². The Morgan fingerprint density at radius 3 is 2.59 bits per heavy atom. The number of rotatable bonds is 8. The molecule has 2 aliphatic rings. The summed E-state index contributed by atoms with van der Waals surface area (Å²) in [6.07, 6.45) is 5.56. The molecule has 98 valence electrons. The summed E-state index contributed by atoms with van der Waals surface area (Å²) in [5.74, 6) is 1.03. The van der Waals surface area contributed by atoms with Crippen molar-refractivity contribution in [1.82, 2.24) is 10.2 Å². The molecule has 0 saturated heterocycles. The fourth-order valence-corrected chi connectivity index (χ4v) is 2.26. The molecule has 0 aromatic rings. The van der Waals surface area contributed by atoms with Crippen molar-refractivity contribution in [3.63, 3.8) is 0 Å². The van der Waals surface area contributed by atoms with Gasteiger partial charge in [-0.2, -0.15) is 0 Å². The van der Waals surface area contributed by atoms with Crippen molar-refractivity contribution in [2.24, 2.45) is 11.7 Å². The first kappa shape index (κ1) is 12.8. The molecule has 0 aromatic carbocycles. The van der Waals surface area contributed by atoms with E-state index in [1.54, 1.807) is 0 Å². The van der Waals surface area contributed by atoms with E-state index in [1.165, 1.54) is 12.8 Å². The maximum Gasteiger partial charge on any atom is 0.221 e. The van der Waals surface area contributed by atoms with Crippen molar-refractivity contribution < 1.29 is 4.79 Å². The minimum Gasteiger partial charge on any atom is -0.353 e. The zero-order valence-corrected chi connectivity index (χ0v) is 10.8. The van der Waals surface area contributed by atoms with Crippen LogP contribution in [-0.2, 0) is 4.79 Å². The van der Waals surface area contributed by atoms with Gasteiger partial charge in [-0.15, -0.1) is 0 Å². The maximum atomic E-state index is 11.8. The van der Waals surface area contributed by atoms with Gasteiger partial charge in [-0.05, 0) is 38.1 Å². The Balaban J connectivity index is 1.77. The summed E-state index contributed by atoms with van der Waals surface area (Å²) in [4.78, 5) is 14.2. The van der Waals surface area contributed by atoms with Crippen molar-refractivity contribution in [2.45, 2.75) is 51.1 Å². The first-order valence-electron chi connectivity index (χ1n) is 6.96. The molecule has 4 nitrogen and oxygen atoms in total. The highest BCUT2D eigenvalue weighted by Gasteiger charge is 2.29. The number of nitrogens with zero attached hydrogens (tertiary/aromatic N) is 1. The summed E-state index contributed by atoms with van der Waals surface area (Å²) in [7, 11) is 0. The Morgan fingerprint density at radius 1 is 1.41 bits per heavy atom. The van der Waals surface area contributed by atoms with E-state index in [2.05, 4.69) is 17.1 Å². The molecule has 0 spiro atoms. The predicted octanol–water partition coefficient (Wildman–Crippen LogP) is 0.714. The van der Waals surface area contributed by atoms with Gasteiger partial charge in [-0.3, -0.25) is 9.69 Å². The average Bonchev–Trinajstić information content (AvgIpc) is 3.17. The van der Waals surface area contributed by atoms with Crippen molar-refractivity contribution >= 4 is 5.91 Å². The van der Waals surface area contributed by atoms with Gasteiger partial charge in [-0.25, -0.2) is 0 Å². The van der Waals surface area contributed by atoms with Crippen LogP contribution in [0, 0.1) is 5.92 Å². The van der Waals surface area contributed by atoms with Crippen LogP contribution < -0.4 is 11.1 Å². The van der Waals surface area contributed by atoms with Gasteiger partial charge in [0.2, 0.25) is 5.91 Å². The van der Waals surface area contributed by atoms with Gasteiger partial charge in [0, 0.05) is 31.6 Å². The molecular weight excluding hydrogens is 214 g/mol. The normalized spacial score (nSPS) is 21.6. The minimum absolute atomic E-state index is 0.178. The van der Waals surface area contributed by atoms with E-state index in [0.717, 1.165) is 31.8 Å². The first-order chi connectivity index (χ1) is 8.22. The monoisotopic (exact) mass is 239 g/mol. The van der Waals surface area contributed by atoms with Gasteiger partial charge >= 0.3 is 0 Å². The SMILES string of the molecule is CCN(CC1CC1)C(CN)CC(=O)NC1CC1. The summed E-state index contributed by atoms with van der Waals surface area (Å²) in [5.41, 5.74) is 5.82. The molecule has 0 heterocycles. The number of nitrogens with two attached hydrogens (primary N) is 1. The Hall–Kier alpha value is -0.610. The van der Waals surface area contributed by atoms with Crippen LogP contribution in [0.1, 0.15) is 39.0 Å². The Bertz CT molecular complexity index is 261. The highest BCUT2D eigenvalue weighted by Crippen LogP contribution is 2.30. The summed E-state index contributed by atoms with van der Waals surface area (Å²) in [6.45, 7) is 4.85. The second kappa shape index (κ2) is 5.83. The molecular formula is C13H25N3O. The van der Waals surface area contributed by atoms with E-state index in [-0.39, 0.29) is 11.9 Å². The molecule has 2 saturated carbocycles. The Kier molecular flexibility index (Phi) is 4.40. The number of hydrogen-bond acceptors (Lipinski definition) is 3. The third kappa shape index (κ3) is 4.28. The Morgan fingerprint density at radius 2 is 2.12 bits per heavy atom. The number of hydrogen-bond donors (Lipinski definition) is 2. The summed E-state index contributed by atoms with van der Waals surface area (Å²) >= 11 is 0. The van der Waals surface area contributed by atoms with Crippen molar-refractivity contribution in [2.75, 3.05) is 19.6 Å². The summed E-state index contributed by atoms with van der Waals surface area (Å²) in [5, 5.41) is 3.05. The molecule has 4 heteroatoms. The zero-order chi connectivity index (χ0) is 12.3. The van der Waals surface area contributed by atoms with Crippen LogP contribution in [0.5, 0.6) is 0 Å². The lowest BCUT2D eigenvalue weighted by molar-refractivity contribution is -0.122. The fraction of sp³-hybridized carbons (Fsp3) is 0.923. The second-order valence-corrected chi connectivity index (χ2v) is 5.47. The van der Waals surface area contributed by atoms with Gasteiger partial charge < -0.3 is 11.1 Å². The van der Waals surface area contributed by atoms with Crippen LogP contribution in [0.4, 0.5) is 0 Å². The second-order valence-electron chi connectivity index (χ2n) is 5.47. The molecule has 1 atom stereocenters. The Labute approximate surface area is 104 Å². The van der Waals surface area contributed by atoms with E-state index in [0.29, 0.717) is 19.0 Å². The van der Waals surface area contributed by atoms with Gasteiger partial charge in [0.05, 0.1) is 0 Å². The first-order valence-corrected chi connectivity index (χ1v) is 6.96. The van der Waals surface area contributed by atoms with Crippen molar-refractivity contribution in [1.29, 1.82) is 0 Å². The van der Waals surface area contributed by atoms with E-state index in [4.69, 9.17) is 5.73 Å². The lowest BCUT2D eigenvalue weighted by Gasteiger charge is -2.29. The fourth-order valence-electron chi connectivity index (χ4n) is 2.26. The molecule has 0 radical (unpaired) electrons. The van der Waals surface area contributed by atoms with Crippen LogP contribution in [0.2, 0.25) is 0 Å². The standard InChI is InChI=1S/C13H25N3O/c1-2-16(9-10-3-4-10)12(8-14)7-13(17)15-11-5-6-11/h10-12H,2-9,14H2,1H3,(H,15,17). The molecule has 2 fully saturated rings. The highest BCUT2D eigenvalue weighted by molar-refractivity contribution is 5.77. The van der Waals surface area contributed by atoms with Gasteiger partial charge in [-0.1, -0.05) is 6.92 Å². The lowest BCUT2D eigenvalue weighted by atomic mass is 10.1. The third-order valence-electron chi connectivity index (χ3n) is 3.75. The molecule has 2 rings (SSSR count). The van der Waals surface area contributed by atoms with Crippen LogP contribution in [0.15, 0.2) is 0 Å². The van der Waals surface area contributed by atoms with Crippen LogP contribution in [0.25, 0.3) is 0 Å². The number of nitrogens with one attached hydrogen (secondary N) is 1.